The predicted molar refractivity (Wildman–Crippen MR) is 68.3 cm³/mol. The quantitative estimate of drug-likeness (QED) is 0.621. The highest BCUT2D eigenvalue weighted by Gasteiger charge is 2.42. The van der Waals surface area contributed by atoms with E-state index in [1.165, 1.54) is 32.1 Å². The van der Waals surface area contributed by atoms with Gasteiger partial charge < -0.3 is 9.32 Å². The third-order valence-corrected chi connectivity index (χ3v) is 4.19. The Hall–Kier alpha value is -0.840. The van der Waals surface area contributed by atoms with E-state index in [4.69, 9.17) is 10.3 Å². The van der Waals surface area contributed by atoms with E-state index in [0.717, 1.165) is 5.56 Å². The van der Waals surface area contributed by atoms with Crippen LogP contribution in [0.25, 0.3) is 0 Å². The van der Waals surface area contributed by atoms with Crippen LogP contribution in [0, 0.1) is 0 Å². The molecule has 4 nitrogen and oxygen atoms in total. The summed E-state index contributed by atoms with van der Waals surface area (Å²) in [6, 6.07) is 2.14. The number of hydrogen-bond acceptors (Lipinski definition) is 4. The summed E-state index contributed by atoms with van der Waals surface area (Å²) in [6.07, 6.45) is 9.75. The first-order chi connectivity index (χ1) is 8.20. The molecule has 1 aliphatic carbocycles. The van der Waals surface area contributed by atoms with Gasteiger partial charge in [-0.3, -0.25) is 11.3 Å². The average Bonchev–Trinajstić information content (AvgIpc) is 2.84. The minimum absolute atomic E-state index is 0.108. The van der Waals surface area contributed by atoms with Crippen LogP contribution >= 0.6 is 0 Å². The van der Waals surface area contributed by atoms with Crippen LogP contribution in [0.1, 0.15) is 43.7 Å². The van der Waals surface area contributed by atoms with Crippen molar-refractivity contribution in [2.45, 2.75) is 43.7 Å². The zero-order valence-electron chi connectivity index (χ0n) is 10.8. The Labute approximate surface area is 103 Å². The van der Waals surface area contributed by atoms with Gasteiger partial charge in [0, 0.05) is 11.1 Å². The maximum atomic E-state index is 5.80. The maximum Gasteiger partial charge on any atom is 0.0951 e. The van der Waals surface area contributed by atoms with Crippen molar-refractivity contribution in [3.63, 3.8) is 0 Å². The molecule has 1 aromatic rings. The molecule has 1 atom stereocenters. The summed E-state index contributed by atoms with van der Waals surface area (Å²) in [5.41, 5.74) is 4.24. The second-order valence-corrected chi connectivity index (χ2v) is 5.22. The second-order valence-electron chi connectivity index (χ2n) is 5.22. The van der Waals surface area contributed by atoms with Gasteiger partial charge in [-0.1, -0.05) is 19.3 Å². The van der Waals surface area contributed by atoms with Gasteiger partial charge in [0.1, 0.15) is 0 Å². The van der Waals surface area contributed by atoms with Crippen LogP contribution in [0.3, 0.4) is 0 Å². The molecule has 3 N–H and O–H groups in total. The number of likely N-dealkylation sites (N-methyl/N-ethyl adjacent to an activating group) is 1. The SMILES string of the molecule is CN(C)C1(C(NN)c2ccoc2)CCCCC1. The molecule has 0 radical (unpaired) electrons. The maximum absolute atomic E-state index is 5.80. The highest BCUT2D eigenvalue weighted by molar-refractivity contribution is 5.19. The fraction of sp³-hybridized carbons (Fsp3) is 0.692. The minimum atomic E-state index is 0.108. The standard InChI is InChI=1S/C13H23N3O/c1-16(2)13(7-4-3-5-8-13)12(15-14)11-6-9-17-10-11/h6,9-10,12,15H,3-5,7-8,14H2,1-2H3. The van der Waals surface area contributed by atoms with Crippen molar-refractivity contribution >= 4 is 0 Å². The van der Waals surface area contributed by atoms with Gasteiger partial charge in [-0.05, 0) is 33.0 Å². The molecule has 96 valence electrons. The Balaban J connectivity index is 2.30. The molecule has 2 rings (SSSR count). The lowest BCUT2D eigenvalue weighted by Crippen LogP contribution is -2.56. The molecule has 0 saturated heterocycles. The van der Waals surface area contributed by atoms with Gasteiger partial charge in [-0.2, -0.15) is 0 Å². The zero-order chi connectivity index (χ0) is 12.3. The average molecular weight is 237 g/mol. The summed E-state index contributed by atoms with van der Waals surface area (Å²) in [7, 11) is 4.30. The van der Waals surface area contributed by atoms with Crippen LogP contribution in [0.4, 0.5) is 0 Å². The van der Waals surface area contributed by atoms with Crippen LogP contribution in [0.15, 0.2) is 23.0 Å². The lowest BCUT2D eigenvalue weighted by atomic mass is 9.73. The van der Waals surface area contributed by atoms with Gasteiger partial charge >= 0.3 is 0 Å². The molecule has 0 aliphatic heterocycles. The third-order valence-electron chi connectivity index (χ3n) is 4.19. The van der Waals surface area contributed by atoms with Crippen molar-refractivity contribution in [2.75, 3.05) is 14.1 Å². The number of nitrogens with zero attached hydrogens (tertiary/aromatic N) is 1. The smallest absolute Gasteiger partial charge is 0.0951 e. The predicted octanol–water partition coefficient (Wildman–Crippen LogP) is 2.05. The lowest BCUT2D eigenvalue weighted by molar-refractivity contribution is 0.0562. The number of nitrogens with one attached hydrogen (secondary N) is 1. The van der Waals surface area contributed by atoms with Crippen LogP contribution in [-0.4, -0.2) is 24.5 Å². The first kappa shape index (κ1) is 12.6. The second kappa shape index (κ2) is 5.21. The molecule has 0 amide bonds. The first-order valence-electron chi connectivity index (χ1n) is 6.36. The van der Waals surface area contributed by atoms with Crippen molar-refractivity contribution in [3.8, 4) is 0 Å². The van der Waals surface area contributed by atoms with Crippen LogP contribution in [-0.2, 0) is 0 Å². The van der Waals surface area contributed by atoms with Crippen molar-refractivity contribution in [2.24, 2.45) is 5.84 Å². The van der Waals surface area contributed by atoms with Crippen molar-refractivity contribution in [3.05, 3.63) is 24.2 Å². The minimum Gasteiger partial charge on any atom is -0.472 e. The van der Waals surface area contributed by atoms with E-state index in [2.05, 4.69) is 24.4 Å². The molecular weight excluding hydrogens is 214 g/mol. The summed E-state index contributed by atoms with van der Waals surface area (Å²) >= 11 is 0. The molecule has 1 aliphatic rings. The Kier molecular flexibility index (Phi) is 3.86. The van der Waals surface area contributed by atoms with Gasteiger partial charge in [0.2, 0.25) is 0 Å². The Morgan fingerprint density at radius 2 is 2.06 bits per heavy atom. The summed E-state index contributed by atoms with van der Waals surface area (Å²) in [5.74, 6) is 5.80. The van der Waals surface area contributed by atoms with E-state index in [9.17, 15) is 0 Å². The molecule has 1 heterocycles. The molecule has 1 aromatic heterocycles. The highest BCUT2D eigenvalue weighted by atomic mass is 16.3. The molecule has 0 aromatic carbocycles. The normalized spacial score (nSPS) is 21.6. The van der Waals surface area contributed by atoms with E-state index in [1.807, 2.05) is 6.07 Å². The molecule has 1 fully saturated rings. The van der Waals surface area contributed by atoms with E-state index in [1.54, 1.807) is 12.5 Å². The monoisotopic (exact) mass is 237 g/mol. The topological polar surface area (TPSA) is 54.4 Å². The van der Waals surface area contributed by atoms with E-state index in [0.29, 0.717) is 0 Å². The Morgan fingerprint density at radius 1 is 1.35 bits per heavy atom. The van der Waals surface area contributed by atoms with Crippen LogP contribution in [0.5, 0.6) is 0 Å². The van der Waals surface area contributed by atoms with E-state index < -0.39 is 0 Å². The fourth-order valence-corrected chi connectivity index (χ4v) is 3.16. The molecule has 17 heavy (non-hydrogen) atoms. The number of nitrogens with two attached hydrogens (primary N) is 1. The summed E-state index contributed by atoms with van der Waals surface area (Å²) in [5, 5.41) is 0. The highest BCUT2D eigenvalue weighted by Crippen LogP contribution is 2.41. The molecule has 0 bridgehead atoms. The largest absolute Gasteiger partial charge is 0.472 e. The van der Waals surface area contributed by atoms with E-state index in [-0.39, 0.29) is 11.6 Å². The Morgan fingerprint density at radius 3 is 2.53 bits per heavy atom. The van der Waals surface area contributed by atoms with Crippen LogP contribution < -0.4 is 11.3 Å². The molecule has 1 unspecified atom stereocenters. The van der Waals surface area contributed by atoms with Crippen molar-refractivity contribution in [1.29, 1.82) is 0 Å². The molecular formula is C13H23N3O. The van der Waals surface area contributed by atoms with Gasteiger partial charge in [0.05, 0.1) is 18.6 Å². The Bertz CT molecular complexity index is 328. The number of furan rings is 1. The molecule has 4 heteroatoms. The summed E-state index contributed by atoms with van der Waals surface area (Å²) < 4.78 is 5.20. The zero-order valence-corrected chi connectivity index (χ0v) is 10.8. The molecule has 0 spiro atoms. The van der Waals surface area contributed by atoms with Gasteiger partial charge in [-0.25, -0.2) is 0 Å². The lowest BCUT2D eigenvalue weighted by Gasteiger charge is -2.48. The summed E-state index contributed by atoms with van der Waals surface area (Å²) in [6.45, 7) is 0. The van der Waals surface area contributed by atoms with Gasteiger partial charge in [0.25, 0.3) is 0 Å². The molecule has 1 saturated carbocycles. The van der Waals surface area contributed by atoms with Crippen molar-refractivity contribution < 1.29 is 4.42 Å². The third kappa shape index (κ3) is 2.25. The van der Waals surface area contributed by atoms with Crippen LogP contribution in [0.2, 0.25) is 0 Å². The van der Waals surface area contributed by atoms with Gasteiger partial charge in [-0.15, -0.1) is 0 Å². The number of rotatable bonds is 4. The first-order valence-corrected chi connectivity index (χ1v) is 6.36. The number of hydrogen-bond donors (Lipinski definition) is 2. The van der Waals surface area contributed by atoms with Gasteiger partial charge in [0.15, 0.2) is 0 Å². The van der Waals surface area contributed by atoms with E-state index >= 15 is 0 Å². The number of hydrazine groups is 1. The van der Waals surface area contributed by atoms with Crippen molar-refractivity contribution in [1.82, 2.24) is 10.3 Å². The fourth-order valence-electron chi connectivity index (χ4n) is 3.16. The summed E-state index contributed by atoms with van der Waals surface area (Å²) in [4.78, 5) is 2.32.